The zero-order valence-corrected chi connectivity index (χ0v) is 11.7. The lowest BCUT2D eigenvalue weighted by Gasteiger charge is -2.29. The van der Waals surface area contributed by atoms with Gasteiger partial charge < -0.3 is 20.5 Å². The molecule has 21 heavy (non-hydrogen) atoms. The van der Waals surface area contributed by atoms with Gasteiger partial charge >= 0.3 is 0 Å². The minimum absolute atomic E-state index is 0.0478. The van der Waals surface area contributed by atoms with E-state index in [0.29, 0.717) is 17.3 Å². The molecule has 1 amide bonds. The number of fused-ring (bicyclic) bond motifs is 1. The molecule has 2 aromatic rings. The zero-order chi connectivity index (χ0) is 15.5. The fourth-order valence-corrected chi connectivity index (χ4v) is 2.09. The Labute approximate surface area is 121 Å². The van der Waals surface area contributed by atoms with E-state index < -0.39 is 24.7 Å². The molecule has 0 aliphatic rings. The Morgan fingerprint density at radius 1 is 1.29 bits per heavy atom. The monoisotopic (exact) mass is 290 g/mol. The van der Waals surface area contributed by atoms with Crippen molar-refractivity contribution in [3.8, 4) is 0 Å². The van der Waals surface area contributed by atoms with Crippen LogP contribution in [0.4, 0.5) is 0 Å². The molecule has 6 heteroatoms. The van der Waals surface area contributed by atoms with Crippen molar-refractivity contribution in [1.82, 2.24) is 10.3 Å². The molecule has 4 N–H and O–H groups in total. The second-order valence-corrected chi connectivity index (χ2v) is 4.98. The molecule has 0 radical (unpaired) electrons. The normalized spacial score (nSPS) is 11.6. The summed E-state index contributed by atoms with van der Waals surface area (Å²) in [6.45, 7) is 0.922. The van der Waals surface area contributed by atoms with Crippen molar-refractivity contribution in [3.05, 3.63) is 46.2 Å². The maximum atomic E-state index is 12.3. The van der Waals surface area contributed by atoms with Gasteiger partial charge in [-0.05, 0) is 18.6 Å². The van der Waals surface area contributed by atoms with Crippen LogP contribution in [-0.4, -0.2) is 39.9 Å². The van der Waals surface area contributed by atoms with E-state index in [0.717, 1.165) is 0 Å². The average Bonchev–Trinajstić information content (AvgIpc) is 2.53. The van der Waals surface area contributed by atoms with Crippen LogP contribution < -0.4 is 10.7 Å². The van der Waals surface area contributed by atoms with Gasteiger partial charge in [-0.1, -0.05) is 19.1 Å². The van der Waals surface area contributed by atoms with Crippen molar-refractivity contribution in [2.45, 2.75) is 18.9 Å². The molecule has 0 unspecified atom stereocenters. The summed E-state index contributed by atoms with van der Waals surface area (Å²) in [6, 6.07) is 6.89. The lowest BCUT2D eigenvalue weighted by molar-refractivity contribution is 0.0652. The standard InChI is InChI=1S/C15H18N2O4/c1-2-15(8-18,9-19)17-14(21)11-7-16-12-6-4-3-5-10(12)13(11)20/h3-7,18-19H,2,8-9H2,1H3,(H,16,20)(H,17,21). The first kappa shape index (κ1) is 15.2. The number of aliphatic hydroxyl groups excluding tert-OH is 2. The Bertz CT molecular complexity index is 696. The molecular weight excluding hydrogens is 272 g/mol. The van der Waals surface area contributed by atoms with Crippen molar-refractivity contribution >= 4 is 16.8 Å². The van der Waals surface area contributed by atoms with Gasteiger partial charge in [-0.2, -0.15) is 0 Å². The summed E-state index contributed by atoms with van der Waals surface area (Å²) in [5.41, 5.74) is -0.920. The minimum Gasteiger partial charge on any atom is -0.394 e. The van der Waals surface area contributed by atoms with E-state index in [4.69, 9.17) is 0 Å². The number of aliphatic hydroxyl groups is 2. The number of benzene rings is 1. The number of hydrogen-bond acceptors (Lipinski definition) is 4. The Kier molecular flexibility index (Phi) is 4.40. The van der Waals surface area contributed by atoms with Crippen molar-refractivity contribution < 1.29 is 15.0 Å². The highest BCUT2D eigenvalue weighted by atomic mass is 16.3. The lowest BCUT2D eigenvalue weighted by atomic mass is 9.98. The second kappa shape index (κ2) is 6.07. The van der Waals surface area contributed by atoms with Gasteiger partial charge in [0.15, 0.2) is 0 Å². The van der Waals surface area contributed by atoms with E-state index in [2.05, 4.69) is 10.3 Å². The second-order valence-electron chi connectivity index (χ2n) is 4.98. The molecule has 0 spiro atoms. The first-order chi connectivity index (χ1) is 10.1. The number of hydrogen-bond donors (Lipinski definition) is 4. The van der Waals surface area contributed by atoms with Crippen LogP contribution in [0.2, 0.25) is 0 Å². The summed E-state index contributed by atoms with van der Waals surface area (Å²) >= 11 is 0. The molecule has 0 saturated heterocycles. The fraction of sp³-hybridized carbons (Fsp3) is 0.333. The van der Waals surface area contributed by atoms with Crippen LogP contribution in [0, 0.1) is 0 Å². The summed E-state index contributed by atoms with van der Waals surface area (Å²) in [7, 11) is 0. The van der Waals surface area contributed by atoms with E-state index in [1.165, 1.54) is 6.20 Å². The predicted molar refractivity (Wildman–Crippen MR) is 79.2 cm³/mol. The Balaban J connectivity index is 2.40. The van der Waals surface area contributed by atoms with E-state index in [1.54, 1.807) is 31.2 Å². The minimum atomic E-state index is -1.13. The molecular formula is C15H18N2O4. The van der Waals surface area contributed by atoms with Gasteiger partial charge in [-0.25, -0.2) is 0 Å². The molecule has 0 atom stereocenters. The van der Waals surface area contributed by atoms with Gasteiger partial charge in [0.1, 0.15) is 5.56 Å². The quantitative estimate of drug-likeness (QED) is 0.639. The summed E-state index contributed by atoms with van der Waals surface area (Å²) in [4.78, 5) is 27.5. The van der Waals surface area contributed by atoms with Gasteiger partial charge in [0.25, 0.3) is 5.91 Å². The van der Waals surface area contributed by atoms with Gasteiger partial charge in [0, 0.05) is 17.1 Å². The maximum Gasteiger partial charge on any atom is 0.257 e. The highest BCUT2D eigenvalue weighted by molar-refractivity contribution is 5.97. The number of carbonyl (C=O) groups excluding carboxylic acids is 1. The molecule has 0 aliphatic carbocycles. The number of para-hydroxylation sites is 1. The van der Waals surface area contributed by atoms with E-state index in [1.807, 2.05) is 0 Å². The van der Waals surface area contributed by atoms with Crippen molar-refractivity contribution in [3.63, 3.8) is 0 Å². The molecule has 2 rings (SSSR count). The number of aromatic amines is 1. The van der Waals surface area contributed by atoms with Crippen LogP contribution >= 0.6 is 0 Å². The number of H-pyrrole nitrogens is 1. The summed E-state index contributed by atoms with van der Waals surface area (Å²) in [5.74, 6) is -0.619. The Morgan fingerprint density at radius 2 is 1.95 bits per heavy atom. The molecule has 0 fully saturated rings. The SMILES string of the molecule is CCC(CO)(CO)NC(=O)c1c[nH]c2ccccc2c1=O. The Morgan fingerprint density at radius 3 is 2.57 bits per heavy atom. The largest absolute Gasteiger partial charge is 0.394 e. The third kappa shape index (κ3) is 2.81. The maximum absolute atomic E-state index is 12.3. The van der Waals surface area contributed by atoms with Crippen LogP contribution in [0.25, 0.3) is 10.9 Å². The van der Waals surface area contributed by atoms with Gasteiger partial charge in [0.05, 0.1) is 18.8 Å². The van der Waals surface area contributed by atoms with Crippen molar-refractivity contribution in [1.29, 1.82) is 0 Å². The van der Waals surface area contributed by atoms with Crippen molar-refractivity contribution in [2.24, 2.45) is 0 Å². The van der Waals surface area contributed by atoms with Gasteiger partial charge in [-0.15, -0.1) is 0 Å². The molecule has 0 aliphatic heterocycles. The molecule has 1 aromatic heterocycles. The van der Waals surface area contributed by atoms with E-state index in [-0.39, 0.29) is 11.0 Å². The number of nitrogens with one attached hydrogen (secondary N) is 2. The number of carbonyl (C=O) groups is 1. The number of aromatic nitrogens is 1. The topological polar surface area (TPSA) is 102 Å². The van der Waals surface area contributed by atoms with Crippen LogP contribution in [0.1, 0.15) is 23.7 Å². The molecule has 6 nitrogen and oxygen atoms in total. The third-order valence-corrected chi connectivity index (χ3v) is 3.69. The van der Waals surface area contributed by atoms with Gasteiger partial charge in [-0.3, -0.25) is 9.59 Å². The van der Waals surface area contributed by atoms with E-state index >= 15 is 0 Å². The fourth-order valence-electron chi connectivity index (χ4n) is 2.09. The summed E-state index contributed by atoms with van der Waals surface area (Å²) in [5, 5.41) is 21.7. The summed E-state index contributed by atoms with van der Waals surface area (Å²) < 4.78 is 0. The smallest absolute Gasteiger partial charge is 0.257 e. The van der Waals surface area contributed by atoms with Crippen LogP contribution in [0.3, 0.4) is 0 Å². The average molecular weight is 290 g/mol. The number of amides is 1. The van der Waals surface area contributed by atoms with Crippen LogP contribution in [-0.2, 0) is 0 Å². The number of pyridine rings is 1. The molecule has 1 heterocycles. The predicted octanol–water partition coefficient (Wildman–Crippen LogP) is 0.391. The Hall–Kier alpha value is -2.18. The van der Waals surface area contributed by atoms with Crippen LogP contribution in [0.5, 0.6) is 0 Å². The first-order valence-electron chi connectivity index (χ1n) is 6.71. The third-order valence-electron chi connectivity index (χ3n) is 3.69. The zero-order valence-electron chi connectivity index (χ0n) is 11.7. The molecule has 0 saturated carbocycles. The summed E-state index contributed by atoms with van der Waals surface area (Å²) in [6.07, 6.45) is 1.69. The highest BCUT2D eigenvalue weighted by Gasteiger charge is 2.29. The molecule has 1 aromatic carbocycles. The number of rotatable bonds is 5. The highest BCUT2D eigenvalue weighted by Crippen LogP contribution is 2.11. The van der Waals surface area contributed by atoms with E-state index in [9.17, 15) is 19.8 Å². The van der Waals surface area contributed by atoms with Crippen molar-refractivity contribution in [2.75, 3.05) is 13.2 Å². The first-order valence-corrected chi connectivity index (χ1v) is 6.71. The molecule has 112 valence electrons. The van der Waals surface area contributed by atoms with Crippen LogP contribution in [0.15, 0.2) is 35.3 Å². The lowest BCUT2D eigenvalue weighted by Crippen LogP contribution is -2.54. The van der Waals surface area contributed by atoms with Gasteiger partial charge in [0.2, 0.25) is 5.43 Å². The molecule has 0 bridgehead atoms.